The predicted octanol–water partition coefficient (Wildman–Crippen LogP) is 23.6. The number of hydrogen-bond donors (Lipinski definition) is 0. The first-order chi connectivity index (χ1) is 39.5. The maximum absolute atomic E-state index is 12.9. The first-order valence-electron chi connectivity index (χ1n) is 34.2. The van der Waals surface area contributed by atoms with Gasteiger partial charge in [-0.15, -0.1) is 0 Å². The Hall–Kier alpha value is -3.67. The van der Waals surface area contributed by atoms with E-state index in [4.69, 9.17) is 14.2 Å². The molecule has 0 heterocycles. The minimum Gasteiger partial charge on any atom is -0.462 e. The highest BCUT2D eigenvalue weighted by Crippen LogP contribution is 2.17. The van der Waals surface area contributed by atoms with Crippen LogP contribution in [0.4, 0.5) is 0 Å². The van der Waals surface area contributed by atoms with Gasteiger partial charge in [0.15, 0.2) is 6.10 Å². The maximum Gasteiger partial charge on any atom is 0.306 e. The van der Waals surface area contributed by atoms with Gasteiger partial charge < -0.3 is 14.2 Å². The zero-order valence-electron chi connectivity index (χ0n) is 52.8. The first kappa shape index (κ1) is 76.3. The summed E-state index contributed by atoms with van der Waals surface area (Å²) >= 11 is 0. The van der Waals surface area contributed by atoms with Crippen molar-refractivity contribution in [3.8, 4) is 0 Å². The molecular weight excluding hydrogens is 985 g/mol. The van der Waals surface area contributed by atoms with Crippen molar-refractivity contribution in [3.05, 3.63) is 97.2 Å². The van der Waals surface area contributed by atoms with Gasteiger partial charge in [-0.1, -0.05) is 311 Å². The Morgan fingerprint density at radius 2 is 0.487 bits per heavy atom. The Morgan fingerprint density at radius 1 is 0.263 bits per heavy atom. The third-order valence-corrected chi connectivity index (χ3v) is 14.8. The van der Waals surface area contributed by atoms with Crippen molar-refractivity contribution < 1.29 is 28.6 Å². The van der Waals surface area contributed by atoms with Crippen LogP contribution in [-0.4, -0.2) is 37.2 Å². The Balaban J connectivity index is 4.35. The summed E-state index contributed by atoms with van der Waals surface area (Å²) < 4.78 is 16.9. The van der Waals surface area contributed by atoms with E-state index in [2.05, 4.69) is 118 Å². The number of allylic oxidation sites excluding steroid dienone is 16. The number of carbonyl (C=O) groups excluding carboxylic acids is 3. The molecule has 0 saturated carbocycles. The van der Waals surface area contributed by atoms with Gasteiger partial charge >= 0.3 is 17.9 Å². The van der Waals surface area contributed by atoms with E-state index in [1.165, 1.54) is 193 Å². The molecule has 0 aromatic carbocycles. The number of hydrogen-bond acceptors (Lipinski definition) is 6. The lowest BCUT2D eigenvalue weighted by Crippen LogP contribution is -2.30. The molecule has 0 aromatic heterocycles. The fraction of sp³-hybridized carbons (Fsp3) is 0.743. The summed E-state index contributed by atoms with van der Waals surface area (Å²) in [6.07, 6.45) is 91.4. The van der Waals surface area contributed by atoms with E-state index in [0.29, 0.717) is 19.3 Å². The molecule has 460 valence electrons. The monoisotopic (exact) mass is 1110 g/mol. The fourth-order valence-corrected chi connectivity index (χ4v) is 9.71. The molecule has 0 aliphatic carbocycles. The quantitative estimate of drug-likeness (QED) is 0.0261. The number of unbranched alkanes of at least 4 members (excludes halogenated alkanes) is 35. The number of esters is 3. The lowest BCUT2D eigenvalue weighted by atomic mass is 10.0. The molecule has 0 radical (unpaired) electrons. The van der Waals surface area contributed by atoms with E-state index in [-0.39, 0.29) is 37.5 Å². The molecule has 6 nitrogen and oxygen atoms in total. The van der Waals surface area contributed by atoms with Crippen molar-refractivity contribution in [2.75, 3.05) is 13.2 Å². The number of ether oxygens (including phenoxy) is 3. The highest BCUT2D eigenvalue weighted by Gasteiger charge is 2.19. The van der Waals surface area contributed by atoms with Gasteiger partial charge in [0, 0.05) is 19.3 Å². The van der Waals surface area contributed by atoms with Gasteiger partial charge in [-0.05, 0) is 103 Å². The van der Waals surface area contributed by atoms with Crippen molar-refractivity contribution in [1.82, 2.24) is 0 Å². The smallest absolute Gasteiger partial charge is 0.306 e. The number of carbonyl (C=O) groups is 3. The van der Waals surface area contributed by atoms with Gasteiger partial charge in [0.1, 0.15) is 13.2 Å². The molecule has 80 heavy (non-hydrogen) atoms. The third-order valence-electron chi connectivity index (χ3n) is 14.8. The Labute approximate surface area is 496 Å². The van der Waals surface area contributed by atoms with Crippen LogP contribution in [0.25, 0.3) is 0 Å². The summed E-state index contributed by atoms with van der Waals surface area (Å²) in [6.45, 7) is 6.52. The van der Waals surface area contributed by atoms with E-state index in [0.717, 1.165) is 96.3 Å². The van der Waals surface area contributed by atoms with Crippen molar-refractivity contribution in [1.29, 1.82) is 0 Å². The van der Waals surface area contributed by atoms with Gasteiger partial charge in [-0.25, -0.2) is 0 Å². The lowest BCUT2D eigenvalue weighted by Gasteiger charge is -2.18. The maximum atomic E-state index is 12.9. The molecule has 1 atom stereocenters. The van der Waals surface area contributed by atoms with E-state index >= 15 is 0 Å². The van der Waals surface area contributed by atoms with E-state index < -0.39 is 6.10 Å². The molecule has 0 saturated heterocycles. The minimum absolute atomic E-state index is 0.0920. The summed E-state index contributed by atoms with van der Waals surface area (Å²) in [5.74, 6) is -0.921. The Bertz CT molecular complexity index is 1560. The zero-order valence-corrected chi connectivity index (χ0v) is 52.8. The zero-order chi connectivity index (χ0) is 57.8. The van der Waals surface area contributed by atoms with Crippen molar-refractivity contribution >= 4 is 17.9 Å². The lowest BCUT2D eigenvalue weighted by molar-refractivity contribution is -0.167. The van der Waals surface area contributed by atoms with Crippen LogP contribution in [0.5, 0.6) is 0 Å². The summed E-state index contributed by atoms with van der Waals surface area (Å²) in [7, 11) is 0. The highest BCUT2D eigenvalue weighted by atomic mass is 16.6. The SMILES string of the molecule is CC/C=C\C/C=C\C/C=C\C/C=C\C/C=C\C/C=C\CCCCC(=O)OC(COC(=O)CCCCCCCCCCCCCCCC)COC(=O)CCCCCCCCCCCCCCCCC/C=C\C/C=C\CCCCCCC. The van der Waals surface area contributed by atoms with Crippen LogP contribution in [-0.2, 0) is 28.6 Å². The van der Waals surface area contributed by atoms with Crippen LogP contribution in [0, 0.1) is 0 Å². The third kappa shape index (κ3) is 65.1. The molecule has 0 aliphatic rings. The van der Waals surface area contributed by atoms with E-state index in [1.54, 1.807) is 0 Å². The Morgan fingerprint density at radius 3 is 0.787 bits per heavy atom. The predicted molar refractivity (Wildman–Crippen MR) is 348 cm³/mol. The van der Waals surface area contributed by atoms with Crippen LogP contribution < -0.4 is 0 Å². The van der Waals surface area contributed by atoms with Crippen LogP contribution in [0.1, 0.15) is 335 Å². The molecule has 0 fully saturated rings. The van der Waals surface area contributed by atoms with Crippen molar-refractivity contribution in [2.24, 2.45) is 0 Å². The molecule has 0 aliphatic heterocycles. The second kappa shape index (κ2) is 67.8. The Kier molecular flexibility index (Phi) is 64.7. The van der Waals surface area contributed by atoms with Gasteiger partial charge in [0.25, 0.3) is 0 Å². The molecular formula is C74H128O6. The van der Waals surface area contributed by atoms with E-state index in [9.17, 15) is 14.4 Å². The minimum atomic E-state index is -0.801. The summed E-state index contributed by atoms with van der Waals surface area (Å²) in [4.78, 5) is 38.4. The summed E-state index contributed by atoms with van der Waals surface area (Å²) in [6, 6.07) is 0. The second-order valence-corrected chi connectivity index (χ2v) is 22.7. The van der Waals surface area contributed by atoms with Crippen LogP contribution in [0.3, 0.4) is 0 Å². The highest BCUT2D eigenvalue weighted by molar-refractivity contribution is 5.71. The number of rotatable bonds is 62. The molecule has 6 heteroatoms. The molecule has 0 spiro atoms. The molecule has 0 bridgehead atoms. The van der Waals surface area contributed by atoms with Gasteiger partial charge in [0.2, 0.25) is 0 Å². The van der Waals surface area contributed by atoms with Gasteiger partial charge in [0.05, 0.1) is 0 Å². The van der Waals surface area contributed by atoms with Crippen LogP contribution >= 0.6 is 0 Å². The van der Waals surface area contributed by atoms with E-state index in [1.807, 2.05) is 0 Å². The molecule has 0 N–H and O–H groups in total. The average molecular weight is 1110 g/mol. The topological polar surface area (TPSA) is 78.9 Å². The van der Waals surface area contributed by atoms with Gasteiger partial charge in [-0.3, -0.25) is 14.4 Å². The summed E-state index contributed by atoms with van der Waals surface area (Å²) in [5.41, 5.74) is 0. The standard InChI is InChI=1S/C74H128O6/c1-4-7-10-13-16-19-22-25-28-30-32-34-35-36-37-38-39-41-42-44-46-49-52-55-58-61-64-67-73(76)79-70-71(69-78-72(75)66-63-60-57-54-51-48-27-24-21-18-15-12-9-6-3)80-74(77)68-65-62-59-56-53-50-47-45-43-40-33-31-29-26-23-20-17-14-11-8-5-2/h8,11,17,20,22,25-26,29-30,32-33,40,45,47,53,56,71H,4-7,9-10,12-16,18-19,21,23-24,27-28,31,34-39,41-44,46,48-52,54-55,57-70H2,1-3H3/b11-8-,20-17-,25-22-,29-26-,32-30-,40-33-,47-45-,56-53-. The second-order valence-electron chi connectivity index (χ2n) is 22.7. The fourth-order valence-electron chi connectivity index (χ4n) is 9.71. The van der Waals surface area contributed by atoms with Gasteiger partial charge in [-0.2, -0.15) is 0 Å². The normalized spacial score (nSPS) is 12.7. The largest absolute Gasteiger partial charge is 0.462 e. The van der Waals surface area contributed by atoms with Crippen LogP contribution in [0.15, 0.2) is 97.2 Å². The molecule has 1 unspecified atom stereocenters. The van der Waals surface area contributed by atoms with Crippen LogP contribution in [0.2, 0.25) is 0 Å². The van der Waals surface area contributed by atoms with Crippen molar-refractivity contribution in [3.63, 3.8) is 0 Å². The molecule has 0 rings (SSSR count). The van der Waals surface area contributed by atoms with Crippen molar-refractivity contribution in [2.45, 2.75) is 341 Å². The summed E-state index contributed by atoms with van der Waals surface area (Å²) in [5, 5.41) is 0. The average Bonchev–Trinajstić information content (AvgIpc) is 3.46. The first-order valence-corrected chi connectivity index (χ1v) is 34.2. The molecule has 0 aromatic rings. The molecule has 0 amide bonds.